The molecule has 4 nitrogen and oxygen atoms in total. The molecule has 2 N–H and O–H groups in total. The zero-order valence-electron chi connectivity index (χ0n) is 15.5. The summed E-state index contributed by atoms with van der Waals surface area (Å²) in [6, 6.07) is 2.13. The highest BCUT2D eigenvalue weighted by molar-refractivity contribution is 14.0. The summed E-state index contributed by atoms with van der Waals surface area (Å²) in [6.07, 6.45) is 10.8. The lowest BCUT2D eigenvalue weighted by atomic mass is 10.1. The Morgan fingerprint density at radius 2 is 2.00 bits per heavy atom. The maximum absolute atomic E-state index is 6.04. The number of unbranched alkanes of at least 4 members (excludes halogenated alkanes) is 1. The third kappa shape index (κ3) is 10.4. The molecule has 0 aliphatic heterocycles. The van der Waals surface area contributed by atoms with Crippen molar-refractivity contribution >= 4 is 41.3 Å². The normalized spacial score (nSPS) is 16.1. The van der Waals surface area contributed by atoms with Crippen LogP contribution in [0.1, 0.15) is 63.9 Å². The molecule has 25 heavy (non-hydrogen) atoms. The van der Waals surface area contributed by atoms with E-state index in [4.69, 9.17) is 4.74 Å². The van der Waals surface area contributed by atoms with Gasteiger partial charge in [0.05, 0.1) is 12.6 Å². The van der Waals surface area contributed by atoms with E-state index in [9.17, 15) is 0 Å². The van der Waals surface area contributed by atoms with Crippen LogP contribution < -0.4 is 10.6 Å². The third-order valence-corrected chi connectivity index (χ3v) is 5.10. The Kier molecular flexibility index (Phi) is 13.4. The minimum atomic E-state index is 0. The zero-order chi connectivity index (χ0) is 16.9. The van der Waals surface area contributed by atoms with Crippen LogP contribution in [0.3, 0.4) is 0 Å². The third-order valence-electron chi connectivity index (χ3n) is 4.36. The number of rotatable bonds is 9. The topological polar surface area (TPSA) is 45.7 Å². The molecule has 1 aromatic heterocycles. The number of halogens is 1. The second-order valence-corrected chi connectivity index (χ2v) is 7.23. The minimum Gasteiger partial charge on any atom is -0.378 e. The second-order valence-electron chi connectivity index (χ2n) is 6.45. The van der Waals surface area contributed by atoms with Crippen molar-refractivity contribution in [1.29, 1.82) is 0 Å². The Morgan fingerprint density at radius 3 is 2.68 bits per heavy atom. The van der Waals surface area contributed by atoms with Crippen LogP contribution in [0.2, 0.25) is 0 Å². The molecule has 0 spiro atoms. The highest BCUT2D eigenvalue weighted by atomic mass is 127. The van der Waals surface area contributed by atoms with Crippen molar-refractivity contribution in [3.05, 3.63) is 22.4 Å². The highest BCUT2D eigenvalue weighted by Gasteiger charge is 2.11. The molecule has 2 rings (SSSR count). The first-order valence-corrected chi connectivity index (χ1v) is 10.5. The van der Waals surface area contributed by atoms with Crippen LogP contribution in [0.25, 0.3) is 0 Å². The fraction of sp³-hybridized carbons (Fsp3) is 0.737. The molecule has 0 radical (unpaired) electrons. The van der Waals surface area contributed by atoms with E-state index in [1.54, 1.807) is 11.3 Å². The quantitative estimate of drug-likeness (QED) is 0.173. The molecule has 0 aromatic carbocycles. The first-order valence-electron chi connectivity index (χ1n) is 9.53. The molecule has 1 saturated carbocycles. The van der Waals surface area contributed by atoms with Gasteiger partial charge in [0.2, 0.25) is 0 Å². The molecule has 1 aromatic rings. The van der Waals surface area contributed by atoms with Crippen LogP contribution in [0.4, 0.5) is 0 Å². The maximum Gasteiger partial charge on any atom is 0.191 e. The van der Waals surface area contributed by atoms with Crippen molar-refractivity contribution in [3.63, 3.8) is 0 Å². The Bertz CT molecular complexity index is 446. The van der Waals surface area contributed by atoms with Gasteiger partial charge in [0.15, 0.2) is 5.96 Å². The van der Waals surface area contributed by atoms with Crippen molar-refractivity contribution in [1.82, 2.24) is 10.6 Å². The lowest BCUT2D eigenvalue weighted by Crippen LogP contribution is -2.37. The van der Waals surface area contributed by atoms with E-state index in [0.717, 1.165) is 45.0 Å². The Labute approximate surface area is 174 Å². The number of nitrogens with one attached hydrogen (secondary N) is 2. The molecule has 1 heterocycles. The Morgan fingerprint density at radius 1 is 1.20 bits per heavy atom. The summed E-state index contributed by atoms with van der Waals surface area (Å²) in [5, 5.41) is 11.0. The fourth-order valence-electron chi connectivity index (χ4n) is 2.99. The number of ether oxygens (including phenoxy) is 1. The minimum absolute atomic E-state index is 0. The summed E-state index contributed by atoms with van der Waals surface area (Å²) in [4.78, 5) is 4.63. The van der Waals surface area contributed by atoms with E-state index < -0.39 is 0 Å². The number of hydrogen-bond acceptors (Lipinski definition) is 3. The van der Waals surface area contributed by atoms with Crippen molar-refractivity contribution < 1.29 is 4.74 Å². The standard InChI is InChI=1S/C19H33N3OS.HI/c1-2-20-19(22-15-17-11-14-24-16-17)21-12-7-8-13-23-18-9-5-3-4-6-10-18;/h11,14,16,18H,2-10,12-13,15H2,1H3,(H2,20,21,22);1H. The number of nitrogens with zero attached hydrogens (tertiary/aromatic N) is 1. The smallest absolute Gasteiger partial charge is 0.191 e. The summed E-state index contributed by atoms with van der Waals surface area (Å²) in [7, 11) is 0. The summed E-state index contributed by atoms with van der Waals surface area (Å²) in [6.45, 7) is 5.57. The largest absolute Gasteiger partial charge is 0.378 e. The SMILES string of the molecule is CCNC(=NCc1ccsc1)NCCCCOC1CCCCCC1.I. The zero-order valence-corrected chi connectivity index (χ0v) is 18.6. The molecule has 0 unspecified atom stereocenters. The molecule has 1 aliphatic rings. The van der Waals surface area contributed by atoms with E-state index in [-0.39, 0.29) is 24.0 Å². The monoisotopic (exact) mass is 479 g/mol. The highest BCUT2D eigenvalue weighted by Crippen LogP contribution is 2.19. The molecule has 0 amide bonds. The predicted octanol–water partition coefficient (Wildman–Crippen LogP) is 4.94. The summed E-state index contributed by atoms with van der Waals surface area (Å²) in [5.74, 6) is 0.911. The summed E-state index contributed by atoms with van der Waals surface area (Å²) >= 11 is 1.72. The van der Waals surface area contributed by atoms with Gasteiger partial charge in [0.1, 0.15) is 0 Å². The first-order chi connectivity index (χ1) is 11.9. The summed E-state index contributed by atoms with van der Waals surface area (Å²) < 4.78 is 6.04. The van der Waals surface area contributed by atoms with Crippen LogP contribution in [0.5, 0.6) is 0 Å². The van der Waals surface area contributed by atoms with Crippen molar-refractivity contribution in [2.75, 3.05) is 19.7 Å². The molecule has 1 aliphatic carbocycles. The fourth-order valence-corrected chi connectivity index (χ4v) is 3.65. The molecule has 144 valence electrons. The maximum atomic E-state index is 6.04. The van der Waals surface area contributed by atoms with Crippen molar-refractivity contribution in [2.24, 2.45) is 4.99 Å². The molecular weight excluding hydrogens is 445 g/mol. The van der Waals surface area contributed by atoms with Gasteiger partial charge in [-0.25, -0.2) is 4.99 Å². The van der Waals surface area contributed by atoms with Crippen molar-refractivity contribution in [3.8, 4) is 0 Å². The van der Waals surface area contributed by atoms with E-state index in [0.29, 0.717) is 6.10 Å². The average Bonchev–Trinajstić information content (AvgIpc) is 2.98. The second kappa shape index (κ2) is 14.8. The number of guanidine groups is 1. The lowest BCUT2D eigenvalue weighted by molar-refractivity contribution is 0.0411. The number of aliphatic imine (C=N–C) groups is 1. The van der Waals surface area contributed by atoms with Crippen LogP contribution in [-0.2, 0) is 11.3 Å². The molecule has 6 heteroatoms. The van der Waals surface area contributed by atoms with Gasteiger partial charge in [-0.2, -0.15) is 11.3 Å². The first kappa shape index (κ1) is 22.7. The lowest BCUT2D eigenvalue weighted by Gasteiger charge is -2.15. The van der Waals surface area contributed by atoms with Gasteiger partial charge in [-0.15, -0.1) is 24.0 Å². The van der Waals surface area contributed by atoms with Crippen LogP contribution in [-0.4, -0.2) is 31.8 Å². The van der Waals surface area contributed by atoms with Gasteiger partial charge in [-0.1, -0.05) is 25.7 Å². The van der Waals surface area contributed by atoms with Gasteiger partial charge >= 0.3 is 0 Å². The van der Waals surface area contributed by atoms with E-state index in [1.807, 2.05) is 0 Å². The Balaban J connectivity index is 0.00000312. The molecule has 0 bridgehead atoms. The van der Waals surface area contributed by atoms with Gasteiger partial charge in [-0.3, -0.25) is 0 Å². The average molecular weight is 479 g/mol. The van der Waals surface area contributed by atoms with E-state index >= 15 is 0 Å². The van der Waals surface area contributed by atoms with Crippen LogP contribution in [0.15, 0.2) is 21.8 Å². The van der Waals surface area contributed by atoms with Gasteiger partial charge in [-0.05, 0) is 55.0 Å². The van der Waals surface area contributed by atoms with E-state index in [1.165, 1.54) is 44.1 Å². The Hall–Kier alpha value is -0.340. The molecule has 0 saturated heterocycles. The van der Waals surface area contributed by atoms with Gasteiger partial charge in [0, 0.05) is 19.7 Å². The predicted molar refractivity (Wildman–Crippen MR) is 119 cm³/mol. The van der Waals surface area contributed by atoms with Crippen molar-refractivity contribution in [2.45, 2.75) is 70.9 Å². The molecule has 1 fully saturated rings. The number of thiophene rings is 1. The van der Waals surface area contributed by atoms with Gasteiger partial charge < -0.3 is 15.4 Å². The van der Waals surface area contributed by atoms with Crippen LogP contribution >= 0.6 is 35.3 Å². The number of hydrogen-bond donors (Lipinski definition) is 2. The summed E-state index contributed by atoms with van der Waals surface area (Å²) in [5.41, 5.74) is 1.27. The molecular formula is C19H34IN3OS. The van der Waals surface area contributed by atoms with E-state index in [2.05, 4.69) is 39.4 Å². The molecule has 0 atom stereocenters. The van der Waals surface area contributed by atoms with Crippen LogP contribution in [0, 0.1) is 0 Å². The van der Waals surface area contributed by atoms with Gasteiger partial charge in [0.25, 0.3) is 0 Å².